The van der Waals surface area contributed by atoms with Crippen molar-refractivity contribution in [2.75, 3.05) is 4.90 Å². The number of aromatic nitrogens is 1. The lowest BCUT2D eigenvalue weighted by atomic mass is 9.67. The normalized spacial score (nSPS) is 12.7. The van der Waals surface area contributed by atoms with Crippen LogP contribution in [0.4, 0.5) is 17.1 Å². The Bertz CT molecular complexity index is 3730. The molecule has 0 radical (unpaired) electrons. The molecule has 1 aromatic heterocycles. The van der Waals surface area contributed by atoms with Gasteiger partial charge >= 0.3 is 0 Å². The largest absolute Gasteiger partial charge is 0.310 e. The summed E-state index contributed by atoms with van der Waals surface area (Å²) in [5.74, 6) is 0. The van der Waals surface area contributed by atoms with E-state index in [2.05, 4.69) is 264 Å². The van der Waals surface area contributed by atoms with Gasteiger partial charge in [0.15, 0.2) is 0 Å². The molecule has 12 aromatic rings. The summed E-state index contributed by atoms with van der Waals surface area (Å²) in [7, 11) is 0. The first-order chi connectivity index (χ1) is 32.2. The molecule has 0 saturated heterocycles. The van der Waals surface area contributed by atoms with Gasteiger partial charge in [-0.25, -0.2) is 0 Å². The number of hydrogen-bond donors (Lipinski definition) is 0. The van der Waals surface area contributed by atoms with E-state index in [1.807, 2.05) is 0 Å². The Morgan fingerprint density at radius 3 is 1.62 bits per heavy atom. The second kappa shape index (κ2) is 14.8. The van der Waals surface area contributed by atoms with E-state index in [-0.39, 0.29) is 0 Å². The summed E-state index contributed by atoms with van der Waals surface area (Å²) in [6.07, 6.45) is 0. The van der Waals surface area contributed by atoms with E-state index in [0.29, 0.717) is 0 Å². The van der Waals surface area contributed by atoms with Crippen LogP contribution in [0.3, 0.4) is 0 Å². The topological polar surface area (TPSA) is 8.17 Å². The van der Waals surface area contributed by atoms with Crippen molar-refractivity contribution in [3.8, 4) is 27.9 Å². The van der Waals surface area contributed by atoms with Gasteiger partial charge in [0.1, 0.15) is 0 Å². The van der Waals surface area contributed by atoms with Crippen LogP contribution in [-0.2, 0) is 5.41 Å². The lowest BCUT2D eigenvalue weighted by Crippen LogP contribution is -2.28. The van der Waals surface area contributed by atoms with E-state index in [1.165, 1.54) is 87.9 Å². The zero-order valence-corrected chi connectivity index (χ0v) is 35.6. The molecule has 0 saturated carbocycles. The van der Waals surface area contributed by atoms with Crippen LogP contribution in [0, 0.1) is 0 Å². The van der Waals surface area contributed by atoms with E-state index in [1.54, 1.807) is 0 Å². The molecule has 0 spiro atoms. The van der Waals surface area contributed by atoms with Crippen molar-refractivity contribution in [3.05, 3.63) is 277 Å². The van der Waals surface area contributed by atoms with Crippen molar-refractivity contribution < 1.29 is 0 Å². The molecule has 1 aliphatic carbocycles. The summed E-state index contributed by atoms with van der Waals surface area (Å²) in [6, 6.07) is 93.8. The minimum Gasteiger partial charge on any atom is -0.310 e. The minimum atomic E-state index is -0.469. The van der Waals surface area contributed by atoms with Crippen LogP contribution in [0.25, 0.3) is 71.3 Å². The van der Waals surface area contributed by atoms with Crippen LogP contribution in [0.2, 0.25) is 0 Å². The fourth-order valence-corrected chi connectivity index (χ4v) is 10.9. The number of rotatable bonds is 7. The second-order valence-corrected chi connectivity index (χ2v) is 17.3. The van der Waals surface area contributed by atoms with Gasteiger partial charge in [-0.15, -0.1) is 0 Å². The van der Waals surface area contributed by atoms with Crippen LogP contribution in [-0.4, -0.2) is 4.57 Å². The summed E-state index contributed by atoms with van der Waals surface area (Å²) < 4.78 is 2.47. The van der Waals surface area contributed by atoms with Gasteiger partial charge in [-0.1, -0.05) is 182 Å². The van der Waals surface area contributed by atoms with Crippen molar-refractivity contribution in [2.45, 2.75) is 5.41 Å². The van der Waals surface area contributed by atoms with Gasteiger partial charge in [0.2, 0.25) is 0 Å². The Hall–Kier alpha value is -8.46. The van der Waals surface area contributed by atoms with Gasteiger partial charge < -0.3 is 9.47 Å². The third-order valence-electron chi connectivity index (χ3n) is 13.8. The fourth-order valence-electron chi connectivity index (χ4n) is 10.9. The molecule has 11 aromatic carbocycles. The average molecular weight is 827 g/mol. The quantitative estimate of drug-likeness (QED) is 0.155. The van der Waals surface area contributed by atoms with Crippen molar-refractivity contribution in [1.29, 1.82) is 0 Å². The Morgan fingerprint density at radius 2 is 0.846 bits per heavy atom. The maximum Gasteiger partial charge on any atom is 0.0714 e. The lowest BCUT2D eigenvalue weighted by Gasteiger charge is -2.34. The van der Waals surface area contributed by atoms with Crippen LogP contribution >= 0.6 is 0 Å². The molecule has 65 heavy (non-hydrogen) atoms. The van der Waals surface area contributed by atoms with Gasteiger partial charge in [-0.3, -0.25) is 0 Å². The first-order valence-electron chi connectivity index (χ1n) is 22.5. The fraction of sp³-hybridized carbons (Fsp3) is 0.0159. The van der Waals surface area contributed by atoms with Crippen LogP contribution in [0.5, 0.6) is 0 Å². The molecule has 0 N–H and O–H groups in total. The highest BCUT2D eigenvalue weighted by atomic mass is 15.1. The molecule has 0 atom stereocenters. The third-order valence-corrected chi connectivity index (χ3v) is 13.8. The van der Waals surface area contributed by atoms with E-state index < -0.39 is 5.41 Å². The predicted molar refractivity (Wildman–Crippen MR) is 273 cm³/mol. The van der Waals surface area contributed by atoms with Crippen molar-refractivity contribution >= 4 is 60.4 Å². The van der Waals surface area contributed by atoms with Crippen molar-refractivity contribution in [3.63, 3.8) is 0 Å². The second-order valence-electron chi connectivity index (χ2n) is 17.3. The molecule has 2 heteroatoms. The molecule has 0 aliphatic heterocycles. The number of fused-ring (bicyclic) bond motifs is 8. The smallest absolute Gasteiger partial charge is 0.0714 e. The van der Waals surface area contributed by atoms with Crippen LogP contribution in [0.1, 0.15) is 22.3 Å². The highest BCUT2D eigenvalue weighted by Crippen LogP contribution is 2.56. The first kappa shape index (κ1) is 37.1. The zero-order valence-electron chi connectivity index (χ0n) is 35.6. The Kier molecular flexibility index (Phi) is 8.47. The summed E-state index contributed by atoms with van der Waals surface area (Å²) >= 11 is 0. The van der Waals surface area contributed by atoms with Crippen LogP contribution < -0.4 is 4.90 Å². The summed E-state index contributed by atoms with van der Waals surface area (Å²) in [4.78, 5) is 2.35. The van der Waals surface area contributed by atoms with Crippen LogP contribution in [0.15, 0.2) is 255 Å². The zero-order chi connectivity index (χ0) is 42.9. The molecule has 0 unspecified atom stereocenters. The monoisotopic (exact) mass is 826 g/mol. The molecule has 0 amide bonds. The van der Waals surface area contributed by atoms with Crippen molar-refractivity contribution in [2.24, 2.45) is 0 Å². The molecule has 1 aliphatic rings. The van der Waals surface area contributed by atoms with E-state index >= 15 is 0 Å². The van der Waals surface area contributed by atoms with E-state index in [4.69, 9.17) is 0 Å². The molecule has 0 fully saturated rings. The molecule has 304 valence electrons. The number of anilines is 3. The summed E-state index contributed by atoms with van der Waals surface area (Å²) in [6.45, 7) is 0. The maximum atomic E-state index is 2.47. The Morgan fingerprint density at radius 1 is 0.308 bits per heavy atom. The molecular weight excluding hydrogens is 785 g/mol. The Labute approximate surface area is 378 Å². The predicted octanol–water partition coefficient (Wildman–Crippen LogP) is 16.6. The highest BCUT2D eigenvalue weighted by molar-refractivity contribution is 6.11. The van der Waals surface area contributed by atoms with Crippen molar-refractivity contribution in [1.82, 2.24) is 4.57 Å². The molecule has 2 nitrogen and oxygen atoms in total. The van der Waals surface area contributed by atoms with Gasteiger partial charge in [0.25, 0.3) is 0 Å². The van der Waals surface area contributed by atoms with E-state index in [0.717, 1.165) is 22.7 Å². The van der Waals surface area contributed by atoms with Gasteiger partial charge in [0.05, 0.1) is 16.4 Å². The van der Waals surface area contributed by atoms with E-state index in [9.17, 15) is 0 Å². The summed E-state index contributed by atoms with van der Waals surface area (Å²) in [5, 5.41) is 7.35. The van der Waals surface area contributed by atoms with Gasteiger partial charge in [-0.05, 0) is 139 Å². The number of hydrogen-bond acceptors (Lipinski definition) is 1. The molecular formula is C63H42N2. The minimum absolute atomic E-state index is 0.469. The third kappa shape index (κ3) is 5.81. The Balaban J connectivity index is 0.924. The molecule has 1 heterocycles. The summed E-state index contributed by atoms with van der Waals surface area (Å²) in [5.41, 5.74) is 16.6. The SMILES string of the molecule is c1ccc(N(c2ccc3ccccc3c2)c2ccc3cc(-c4ccc5c(c4)c4ccccc4n5-c4ccc5c(c4)C(c4ccccc4)(c4ccccc4)c4ccccc4-5)ccc3c2)cc1. The standard InChI is InChI=1S/C63H42N2/c1-4-18-49(19-5-1)63(50-20-6-2-7-21-50)59-26-14-12-24-55(59)56-36-35-54(42-60(56)63)65-61-27-15-13-25-57(61)58-41-48(32-37-62(58)65)45-28-29-47-40-53(34-31-46(47)38-45)64(51-22-8-3-9-23-51)52-33-30-43-16-10-11-17-44(43)39-52/h1-42H. The molecule has 0 bridgehead atoms. The molecule has 13 rings (SSSR count). The van der Waals surface area contributed by atoms with Gasteiger partial charge in [0, 0.05) is 33.5 Å². The number of benzene rings is 11. The maximum absolute atomic E-state index is 2.47. The first-order valence-corrected chi connectivity index (χ1v) is 22.5. The average Bonchev–Trinajstić information content (AvgIpc) is 3.87. The number of nitrogens with zero attached hydrogens (tertiary/aromatic N) is 2. The highest BCUT2D eigenvalue weighted by Gasteiger charge is 2.46. The number of para-hydroxylation sites is 2. The lowest BCUT2D eigenvalue weighted by molar-refractivity contribution is 0.767. The van der Waals surface area contributed by atoms with Gasteiger partial charge in [-0.2, -0.15) is 0 Å².